The molecular weight excluding hydrogens is 222 g/mol. The van der Waals surface area contributed by atoms with Crippen molar-refractivity contribution in [2.45, 2.75) is 27.2 Å². The molecule has 84 valence electrons. The highest BCUT2D eigenvalue weighted by Gasteiger charge is 2.09. The lowest BCUT2D eigenvalue weighted by Gasteiger charge is -2.08. The number of aryl methyl sites for hydroxylation is 2. The Morgan fingerprint density at radius 3 is 2.62 bits per heavy atom. The minimum absolute atomic E-state index is 0.0966. The molecule has 1 N–H and O–H groups in total. The molecule has 1 aromatic carbocycles. The van der Waals surface area contributed by atoms with E-state index in [1.165, 1.54) is 0 Å². The van der Waals surface area contributed by atoms with E-state index >= 15 is 0 Å². The smallest absolute Gasteiger partial charge is 0.192 e. The van der Waals surface area contributed by atoms with Gasteiger partial charge in [-0.25, -0.2) is 0 Å². The molecule has 2 aromatic rings. The zero-order chi connectivity index (χ0) is 11.9. The van der Waals surface area contributed by atoms with Gasteiger partial charge in [0.05, 0.1) is 5.52 Å². The van der Waals surface area contributed by atoms with Crippen molar-refractivity contribution in [1.82, 2.24) is 4.98 Å². The molecule has 3 heteroatoms. The summed E-state index contributed by atoms with van der Waals surface area (Å²) in [7, 11) is 0. The maximum Gasteiger partial charge on any atom is 0.192 e. The molecule has 16 heavy (non-hydrogen) atoms. The maximum atomic E-state index is 12.2. The molecule has 1 heterocycles. The molecule has 2 rings (SSSR count). The van der Waals surface area contributed by atoms with Gasteiger partial charge >= 0.3 is 0 Å². The lowest BCUT2D eigenvalue weighted by molar-refractivity contribution is 1.05. The highest BCUT2D eigenvalue weighted by molar-refractivity contribution is 6.31. The summed E-state index contributed by atoms with van der Waals surface area (Å²) in [6.07, 6.45) is 0.739. The molecule has 0 unspecified atom stereocenters. The van der Waals surface area contributed by atoms with Crippen LogP contribution in [0.25, 0.3) is 10.9 Å². The van der Waals surface area contributed by atoms with Crippen LogP contribution in [-0.2, 0) is 6.42 Å². The Balaban J connectivity index is 2.99. The van der Waals surface area contributed by atoms with Crippen LogP contribution in [0.1, 0.15) is 23.7 Å². The fraction of sp³-hybridized carbons (Fsp3) is 0.308. The fourth-order valence-electron chi connectivity index (χ4n) is 2.11. The zero-order valence-corrected chi connectivity index (χ0v) is 10.4. The quantitative estimate of drug-likeness (QED) is 0.808. The van der Waals surface area contributed by atoms with Crippen LogP contribution in [0.4, 0.5) is 0 Å². The van der Waals surface area contributed by atoms with E-state index in [9.17, 15) is 4.79 Å². The summed E-state index contributed by atoms with van der Waals surface area (Å²) in [4.78, 5) is 15.5. The summed E-state index contributed by atoms with van der Waals surface area (Å²) < 4.78 is 0. The molecule has 2 nitrogen and oxygen atoms in total. The number of nitrogens with one attached hydrogen (secondary N) is 1. The van der Waals surface area contributed by atoms with Crippen molar-refractivity contribution in [1.29, 1.82) is 0 Å². The molecular formula is C13H14ClNO. The van der Waals surface area contributed by atoms with Crippen molar-refractivity contribution in [2.75, 3.05) is 0 Å². The molecule has 0 radical (unpaired) electrons. The number of hydrogen-bond acceptors (Lipinski definition) is 1. The molecule has 0 bridgehead atoms. The summed E-state index contributed by atoms with van der Waals surface area (Å²) in [6.45, 7) is 5.88. The normalized spacial score (nSPS) is 11.0. The number of benzene rings is 1. The van der Waals surface area contributed by atoms with Crippen LogP contribution in [0.3, 0.4) is 0 Å². The van der Waals surface area contributed by atoms with Crippen molar-refractivity contribution in [3.8, 4) is 0 Å². The summed E-state index contributed by atoms with van der Waals surface area (Å²) in [5.74, 6) is 0. The van der Waals surface area contributed by atoms with Crippen LogP contribution in [0, 0.1) is 13.8 Å². The average Bonchev–Trinajstić information content (AvgIpc) is 2.21. The first-order chi connectivity index (χ1) is 7.54. The lowest BCUT2D eigenvalue weighted by atomic mass is 10.0. The van der Waals surface area contributed by atoms with Crippen molar-refractivity contribution in [2.24, 2.45) is 0 Å². The first kappa shape index (κ1) is 11.2. The summed E-state index contributed by atoms with van der Waals surface area (Å²) in [5, 5.41) is 1.30. The minimum atomic E-state index is 0.0966. The molecule has 0 amide bonds. The van der Waals surface area contributed by atoms with Crippen LogP contribution in [0.5, 0.6) is 0 Å². The third-order valence-electron chi connectivity index (χ3n) is 2.94. The van der Waals surface area contributed by atoms with Gasteiger partial charge in [0.15, 0.2) is 5.43 Å². The van der Waals surface area contributed by atoms with Crippen LogP contribution in [0.2, 0.25) is 5.02 Å². The predicted octanol–water partition coefficient (Wildman–Crippen LogP) is 3.36. The molecule has 0 saturated carbocycles. The zero-order valence-electron chi connectivity index (χ0n) is 9.65. The first-order valence-corrected chi connectivity index (χ1v) is 5.74. The molecule has 0 atom stereocenters. The van der Waals surface area contributed by atoms with Crippen LogP contribution in [-0.4, -0.2) is 4.98 Å². The Morgan fingerprint density at radius 2 is 2.00 bits per heavy atom. The second-order valence-corrected chi connectivity index (χ2v) is 4.49. The molecule has 0 spiro atoms. The Labute approximate surface area is 99.3 Å². The van der Waals surface area contributed by atoms with Gasteiger partial charge in [0.2, 0.25) is 0 Å². The SMILES string of the molecule is CCc1c(C)[nH]c2c(C)cc(Cl)cc2c1=O. The summed E-state index contributed by atoms with van der Waals surface area (Å²) >= 11 is 5.98. The number of rotatable bonds is 1. The molecule has 0 aliphatic rings. The van der Waals surface area contributed by atoms with Crippen LogP contribution < -0.4 is 5.43 Å². The Hall–Kier alpha value is -1.28. The van der Waals surface area contributed by atoms with Crippen molar-refractivity contribution in [3.05, 3.63) is 44.2 Å². The van der Waals surface area contributed by atoms with Gasteiger partial charge in [-0.2, -0.15) is 0 Å². The van der Waals surface area contributed by atoms with Gasteiger partial charge in [0.1, 0.15) is 0 Å². The fourth-order valence-corrected chi connectivity index (χ4v) is 2.38. The Kier molecular flexibility index (Phi) is 2.76. The lowest BCUT2D eigenvalue weighted by Crippen LogP contribution is -2.12. The summed E-state index contributed by atoms with van der Waals surface area (Å²) in [5.41, 5.74) is 3.79. The molecule has 0 aliphatic carbocycles. The van der Waals surface area contributed by atoms with Gasteiger partial charge in [-0.15, -0.1) is 0 Å². The van der Waals surface area contributed by atoms with E-state index in [1.807, 2.05) is 26.8 Å². The number of aromatic amines is 1. The monoisotopic (exact) mass is 235 g/mol. The van der Waals surface area contributed by atoms with E-state index in [2.05, 4.69) is 4.98 Å². The van der Waals surface area contributed by atoms with E-state index in [-0.39, 0.29) is 5.43 Å². The van der Waals surface area contributed by atoms with Gasteiger partial charge < -0.3 is 4.98 Å². The van der Waals surface area contributed by atoms with Gasteiger partial charge in [0.25, 0.3) is 0 Å². The van der Waals surface area contributed by atoms with Crippen molar-refractivity contribution < 1.29 is 0 Å². The highest BCUT2D eigenvalue weighted by atomic mass is 35.5. The number of fused-ring (bicyclic) bond motifs is 1. The predicted molar refractivity (Wildman–Crippen MR) is 68.4 cm³/mol. The number of halogens is 1. The first-order valence-electron chi connectivity index (χ1n) is 5.36. The second kappa shape index (κ2) is 3.95. The highest BCUT2D eigenvalue weighted by Crippen LogP contribution is 2.21. The number of aromatic nitrogens is 1. The van der Waals surface area contributed by atoms with E-state index in [4.69, 9.17) is 11.6 Å². The van der Waals surface area contributed by atoms with E-state index in [0.29, 0.717) is 10.4 Å². The second-order valence-electron chi connectivity index (χ2n) is 4.06. The maximum absolute atomic E-state index is 12.2. The summed E-state index contributed by atoms with van der Waals surface area (Å²) in [6, 6.07) is 3.60. The molecule has 1 aromatic heterocycles. The topological polar surface area (TPSA) is 32.9 Å². The largest absolute Gasteiger partial charge is 0.358 e. The van der Waals surface area contributed by atoms with E-state index in [1.54, 1.807) is 6.07 Å². The third-order valence-corrected chi connectivity index (χ3v) is 3.16. The standard InChI is InChI=1S/C13H14ClNO/c1-4-10-8(3)15-12-7(2)5-9(14)6-11(12)13(10)16/h5-6H,4H2,1-3H3,(H,15,16). The van der Waals surface area contributed by atoms with E-state index < -0.39 is 0 Å². The molecule has 0 saturated heterocycles. The van der Waals surface area contributed by atoms with Crippen molar-refractivity contribution >= 4 is 22.5 Å². The number of pyridine rings is 1. The van der Waals surface area contributed by atoms with Gasteiger partial charge in [-0.05, 0) is 38.0 Å². The van der Waals surface area contributed by atoms with Crippen LogP contribution in [0.15, 0.2) is 16.9 Å². The van der Waals surface area contributed by atoms with Crippen molar-refractivity contribution in [3.63, 3.8) is 0 Å². The van der Waals surface area contributed by atoms with Crippen LogP contribution >= 0.6 is 11.6 Å². The molecule has 0 fully saturated rings. The van der Waals surface area contributed by atoms with Gasteiger partial charge in [-0.3, -0.25) is 4.79 Å². The van der Waals surface area contributed by atoms with Gasteiger partial charge in [0, 0.05) is 21.7 Å². The average molecular weight is 236 g/mol. The minimum Gasteiger partial charge on any atom is -0.358 e. The third kappa shape index (κ3) is 1.63. The molecule has 0 aliphatic heterocycles. The van der Waals surface area contributed by atoms with E-state index in [0.717, 1.165) is 28.8 Å². The van der Waals surface area contributed by atoms with Gasteiger partial charge in [-0.1, -0.05) is 18.5 Å². The Bertz CT molecular complexity index is 613. The Morgan fingerprint density at radius 1 is 1.31 bits per heavy atom. The number of H-pyrrole nitrogens is 1. The number of hydrogen-bond donors (Lipinski definition) is 1.